The Morgan fingerprint density at radius 2 is 1.90 bits per heavy atom. The van der Waals surface area contributed by atoms with Crippen molar-refractivity contribution < 1.29 is 19.0 Å². The van der Waals surface area contributed by atoms with Gasteiger partial charge < -0.3 is 19.5 Å². The lowest BCUT2D eigenvalue weighted by Crippen LogP contribution is -2.55. The lowest BCUT2D eigenvalue weighted by atomic mass is 9.86. The Hall–Kier alpha value is -1.75. The standard InChI is InChI=1S/C15H23NO4/c1-11(2)15(10-18-3,14(17)20-5)16-12-8-6-7-9-13(12)19-4/h6-9,11,16H,10H2,1-5H3. The van der Waals surface area contributed by atoms with Crippen LogP contribution in [0.5, 0.6) is 5.75 Å². The number of carbonyl (C=O) groups excluding carboxylic acids is 1. The molecule has 1 atom stereocenters. The molecule has 0 aliphatic heterocycles. The molecule has 0 aliphatic carbocycles. The smallest absolute Gasteiger partial charge is 0.334 e. The number of para-hydroxylation sites is 2. The van der Waals surface area contributed by atoms with Crippen molar-refractivity contribution in [2.75, 3.05) is 33.3 Å². The molecule has 0 saturated carbocycles. The summed E-state index contributed by atoms with van der Waals surface area (Å²) in [7, 11) is 4.52. The highest BCUT2D eigenvalue weighted by molar-refractivity contribution is 5.85. The van der Waals surface area contributed by atoms with Gasteiger partial charge in [-0.1, -0.05) is 26.0 Å². The zero-order valence-electron chi connectivity index (χ0n) is 12.7. The second-order valence-electron chi connectivity index (χ2n) is 4.88. The minimum atomic E-state index is -0.960. The molecule has 0 aliphatic rings. The molecule has 0 fully saturated rings. The van der Waals surface area contributed by atoms with Gasteiger partial charge >= 0.3 is 5.97 Å². The summed E-state index contributed by atoms with van der Waals surface area (Å²) in [6.45, 7) is 4.09. The third kappa shape index (κ3) is 3.22. The van der Waals surface area contributed by atoms with E-state index in [-0.39, 0.29) is 18.5 Å². The normalized spacial score (nSPS) is 13.7. The molecule has 112 valence electrons. The van der Waals surface area contributed by atoms with Crippen LogP contribution in [-0.4, -0.2) is 39.4 Å². The van der Waals surface area contributed by atoms with Crippen LogP contribution in [0, 0.1) is 5.92 Å². The first kappa shape index (κ1) is 16.3. The molecule has 1 aromatic rings. The molecule has 0 saturated heterocycles. The van der Waals surface area contributed by atoms with Crippen LogP contribution in [0.4, 0.5) is 5.69 Å². The summed E-state index contributed by atoms with van der Waals surface area (Å²) >= 11 is 0. The Morgan fingerprint density at radius 1 is 1.25 bits per heavy atom. The molecule has 1 rings (SSSR count). The van der Waals surface area contributed by atoms with Gasteiger partial charge in [-0.3, -0.25) is 0 Å². The molecule has 0 amide bonds. The van der Waals surface area contributed by atoms with Gasteiger partial charge in [-0.25, -0.2) is 4.79 Å². The fourth-order valence-corrected chi connectivity index (χ4v) is 2.09. The molecule has 0 aromatic heterocycles. The highest BCUT2D eigenvalue weighted by Gasteiger charge is 2.43. The number of nitrogens with one attached hydrogen (secondary N) is 1. The maximum Gasteiger partial charge on any atom is 0.334 e. The molecule has 0 spiro atoms. The fourth-order valence-electron chi connectivity index (χ4n) is 2.09. The third-order valence-electron chi connectivity index (χ3n) is 3.37. The molecular weight excluding hydrogens is 258 g/mol. The number of ether oxygens (including phenoxy) is 3. The SMILES string of the molecule is COCC(Nc1ccccc1OC)(C(=O)OC)C(C)C. The van der Waals surface area contributed by atoms with Gasteiger partial charge in [0, 0.05) is 7.11 Å². The second kappa shape index (κ2) is 7.14. The predicted octanol–water partition coefficient (Wildman–Crippen LogP) is 2.32. The van der Waals surface area contributed by atoms with Crippen LogP contribution in [0.25, 0.3) is 0 Å². The highest BCUT2D eigenvalue weighted by atomic mass is 16.5. The molecule has 1 aromatic carbocycles. The van der Waals surface area contributed by atoms with E-state index in [1.54, 1.807) is 14.2 Å². The van der Waals surface area contributed by atoms with Gasteiger partial charge in [-0.15, -0.1) is 0 Å². The van der Waals surface area contributed by atoms with E-state index < -0.39 is 5.54 Å². The van der Waals surface area contributed by atoms with Crippen LogP contribution < -0.4 is 10.1 Å². The number of carbonyl (C=O) groups is 1. The molecule has 20 heavy (non-hydrogen) atoms. The molecule has 1 N–H and O–H groups in total. The molecule has 0 heterocycles. The maximum absolute atomic E-state index is 12.3. The van der Waals surface area contributed by atoms with Gasteiger partial charge in [0.05, 0.1) is 26.5 Å². The van der Waals surface area contributed by atoms with E-state index in [1.807, 2.05) is 38.1 Å². The van der Waals surface area contributed by atoms with E-state index in [4.69, 9.17) is 14.2 Å². The summed E-state index contributed by atoms with van der Waals surface area (Å²) < 4.78 is 15.5. The van der Waals surface area contributed by atoms with Crippen LogP contribution in [0.2, 0.25) is 0 Å². The summed E-state index contributed by atoms with van der Waals surface area (Å²) in [5.74, 6) is 0.276. The summed E-state index contributed by atoms with van der Waals surface area (Å²) in [6, 6.07) is 7.43. The largest absolute Gasteiger partial charge is 0.495 e. The van der Waals surface area contributed by atoms with Gasteiger partial charge in [-0.05, 0) is 18.1 Å². The summed E-state index contributed by atoms with van der Waals surface area (Å²) in [4.78, 5) is 12.3. The minimum absolute atomic E-state index is 0.0280. The van der Waals surface area contributed by atoms with Gasteiger partial charge in [0.2, 0.25) is 0 Å². The Kier molecular flexibility index (Phi) is 5.82. The van der Waals surface area contributed by atoms with Crippen molar-refractivity contribution >= 4 is 11.7 Å². The van der Waals surface area contributed by atoms with Crippen LogP contribution in [0.3, 0.4) is 0 Å². The summed E-state index contributed by atoms with van der Waals surface area (Å²) in [6.07, 6.45) is 0. The Morgan fingerprint density at radius 3 is 2.40 bits per heavy atom. The van der Waals surface area contributed by atoms with E-state index >= 15 is 0 Å². The van der Waals surface area contributed by atoms with Gasteiger partial charge in [0.15, 0.2) is 5.54 Å². The van der Waals surface area contributed by atoms with Crippen LogP contribution >= 0.6 is 0 Å². The van der Waals surface area contributed by atoms with Crippen molar-refractivity contribution in [3.63, 3.8) is 0 Å². The molecule has 0 bridgehead atoms. The van der Waals surface area contributed by atoms with E-state index in [0.29, 0.717) is 5.75 Å². The number of benzene rings is 1. The quantitative estimate of drug-likeness (QED) is 0.777. The van der Waals surface area contributed by atoms with Crippen LogP contribution in [-0.2, 0) is 14.3 Å². The van der Waals surface area contributed by atoms with E-state index in [2.05, 4.69) is 5.32 Å². The van der Waals surface area contributed by atoms with Crippen molar-refractivity contribution in [3.05, 3.63) is 24.3 Å². The monoisotopic (exact) mass is 281 g/mol. The van der Waals surface area contributed by atoms with E-state index in [0.717, 1.165) is 5.69 Å². The second-order valence-corrected chi connectivity index (χ2v) is 4.88. The van der Waals surface area contributed by atoms with E-state index in [9.17, 15) is 4.79 Å². The van der Waals surface area contributed by atoms with Crippen molar-refractivity contribution in [1.29, 1.82) is 0 Å². The molecule has 0 radical (unpaired) electrons. The zero-order chi connectivity index (χ0) is 15.2. The van der Waals surface area contributed by atoms with Crippen LogP contribution in [0.15, 0.2) is 24.3 Å². The van der Waals surface area contributed by atoms with Crippen LogP contribution in [0.1, 0.15) is 13.8 Å². The molecular formula is C15H23NO4. The van der Waals surface area contributed by atoms with Crippen molar-refractivity contribution in [2.24, 2.45) is 5.92 Å². The Bertz CT molecular complexity index is 447. The molecule has 5 nitrogen and oxygen atoms in total. The number of rotatable bonds is 7. The first-order chi connectivity index (χ1) is 9.51. The fraction of sp³-hybridized carbons (Fsp3) is 0.533. The Labute approximate surface area is 120 Å². The lowest BCUT2D eigenvalue weighted by Gasteiger charge is -2.36. The number of anilines is 1. The van der Waals surface area contributed by atoms with E-state index in [1.165, 1.54) is 7.11 Å². The molecule has 1 unspecified atom stereocenters. The van der Waals surface area contributed by atoms with Crippen molar-refractivity contribution in [1.82, 2.24) is 0 Å². The Balaban J connectivity index is 3.20. The number of methoxy groups -OCH3 is 3. The minimum Gasteiger partial charge on any atom is -0.495 e. The van der Waals surface area contributed by atoms with Gasteiger partial charge in [-0.2, -0.15) is 0 Å². The topological polar surface area (TPSA) is 56.8 Å². The summed E-state index contributed by atoms with van der Waals surface area (Å²) in [5, 5.41) is 3.24. The lowest BCUT2D eigenvalue weighted by molar-refractivity contribution is -0.150. The number of hydrogen-bond donors (Lipinski definition) is 1. The predicted molar refractivity (Wildman–Crippen MR) is 78.1 cm³/mol. The average molecular weight is 281 g/mol. The van der Waals surface area contributed by atoms with Gasteiger partial charge in [0.25, 0.3) is 0 Å². The zero-order valence-corrected chi connectivity index (χ0v) is 12.7. The number of esters is 1. The first-order valence-corrected chi connectivity index (χ1v) is 6.50. The maximum atomic E-state index is 12.3. The molecule has 5 heteroatoms. The number of hydrogen-bond acceptors (Lipinski definition) is 5. The van der Waals surface area contributed by atoms with Crippen molar-refractivity contribution in [2.45, 2.75) is 19.4 Å². The summed E-state index contributed by atoms with van der Waals surface area (Å²) in [5.41, 5.74) is -0.232. The third-order valence-corrected chi connectivity index (χ3v) is 3.37. The van der Waals surface area contributed by atoms with Crippen molar-refractivity contribution in [3.8, 4) is 5.75 Å². The highest BCUT2D eigenvalue weighted by Crippen LogP contribution is 2.31. The first-order valence-electron chi connectivity index (χ1n) is 6.50. The average Bonchev–Trinajstić information content (AvgIpc) is 2.46. The van der Waals surface area contributed by atoms with Gasteiger partial charge in [0.1, 0.15) is 5.75 Å².